The van der Waals surface area contributed by atoms with Crippen molar-refractivity contribution in [2.45, 2.75) is 26.3 Å². The lowest BCUT2D eigenvalue weighted by Crippen LogP contribution is -2.08. The largest absolute Gasteiger partial charge is 0.494 e. The van der Waals surface area contributed by atoms with Gasteiger partial charge in [-0.05, 0) is 43.7 Å². The second-order valence-electron chi connectivity index (χ2n) is 4.91. The molecule has 112 valence electrons. The van der Waals surface area contributed by atoms with Gasteiger partial charge in [0.15, 0.2) is 0 Å². The zero-order chi connectivity index (χ0) is 15.2. The number of ether oxygens (including phenoxy) is 1. The van der Waals surface area contributed by atoms with Gasteiger partial charge in [-0.25, -0.2) is 4.39 Å². The maximum absolute atomic E-state index is 13.9. The highest BCUT2D eigenvalue weighted by molar-refractivity contribution is 9.10. The van der Waals surface area contributed by atoms with Crippen LogP contribution < -0.4 is 10.1 Å². The van der Waals surface area contributed by atoms with Crippen molar-refractivity contribution in [3.8, 4) is 5.75 Å². The Morgan fingerprint density at radius 1 is 1.24 bits per heavy atom. The van der Waals surface area contributed by atoms with Crippen molar-refractivity contribution in [3.05, 3.63) is 58.3 Å². The maximum Gasteiger partial charge on any atom is 0.128 e. The van der Waals surface area contributed by atoms with Crippen LogP contribution >= 0.6 is 15.9 Å². The van der Waals surface area contributed by atoms with Crippen LogP contribution in [0.1, 0.15) is 31.9 Å². The first kappa shape index (κ1) is 15.8. The molecule has 0 radical (unpaired) electrons. The van der Waals surface area contributed by atoms with Gasteiger partial charge in [-0.15, -0.1) is 0 Å². The zero-order valence-electron chi connectivity index (χ0n) is 12.2. The molecule has 0 aliphatic heterocycles. The van der Waals surface area contributed by atoms with E-state index in [-0.39, 0.29) is 11.9 Å². The van der Waals surface area contributed by atoms with Crippen molar-refractivity contribution in [2.75, 3.05) is 11.9 Å². The van der Waals surface area contributed by atoms with Gasteiger partial charge in [-0.1, -0.05) is 28.9 Å². The van der Waals surface area contributed by atoms with Crippen LogP contribution in [0.4, 0.5) is 10.1 Å². The molecule has 2 aromatic rings. The number of anilines is 1. The third-order valence-corrected chi connectivity index (χ3v) is 3.61. The highest BCUT2D eigenvalue weighted by atomic mass is 79.9. The molecule has 1 unspecified atom stereocenters. The summed E-state index contributed by atoms with van der Waals surface area (Å²) in [5.41, 5.74) is 1.54. The molecular weight excluding hydrogens is 333 g/mol. The number of halogens is 2. The van der Waals surface area contributed by atoms with Crippen LogP contribution in [0, 0.1) is 5.82 Å². The van der Waals surface area contributed by atoms with E-state index >= 15 is 0 Å². The van der Waals surface area contributed by atoms with Crippen LogP contribution in [0.25, 0.3) is 0 Å². The van der Waals surface area contributed by atoms with Gasteiger partial charge >= 0.3 is 0 Å². The lowest BCUT2D eigenvalue weighted by Gasteiger charge is -2.17. The summed E-state index contributed by atoms with van der Waals surface area (Å²) in [6.45, 7) is 4.70. The SMILES string of the molecule is CCCOc1cccc(NC(C)c2cc(Br)ccc2F)c1. The molecule has 0 amide bonds. The molecule has 0 aliphatic rings. The van der Waals surface area contributed by atoms with Gasteiger partial charge in [0, 0.05) is 21.8 Å². The maximum atomic E-state index is 13.9. The van der Waals surface area contributed by atoms with E-state index in [2.05, 4.69) is 28.2 Å². The first-order valence-electron chi connectivity index (χ1n) is 7.04. The van der Waals surface area contributed by atoms with E-state index in [1.165, 1.54) is 6.07 Å². The molecule has 0 saturated heterocycles. The molecule has 0 aliphatic carbocycles. The summed E-state index contributed by atoms with van der Waals surface area (Å²) >= 11 is 3.38. The molecule has 0 bridgehead atoms. The molecule has 2 aromatic carbocycles. The molecule has 2 nitrogen and oxygen atoms in total. The average Bonchev–Trinajstić information content (AvgIpc) is 2.48. The average molecular weight is 352 g/mol. The molecule has 0 spiro atoms. The minimum Gasteiger partial charge on any atom is -0.494 e. The molecule has 4 heteroatoms. The summed E-state index contributed by atoms with van der Waals surface area (Å²) in [5.74, 6) is 0.611. The predicted molar refractivity (Wildman–Crippen MR) is 88.4 cm³/mol. The summed E-state index contributed by atoms with van der Waals surface area (Å²) in [6.07, 6.45) is 0.970. The third-order valence-electron chi connectivity index (χ3n) is 3.11. The lowest BCUT2D eigenvalue weighted by atomic mass is 10.1. The fraction of sp³-hybridized carbons (Fsp3) is 0.294. The van der Waals surface area contributed by atoms with Crippen LogP contribution in [0.2, 0.25) is 0 Å². The molecule has 1 N–H and O–H groups in total. The van der Waals surface area contributed by atoms with Crippen molar-refractivity contribution >= 4 is 21.6 Å². The quantitative estimate of drug-likeness (QED) is 0.736. The van der Waals surface area contributed by atoms with Crippen LogP contribution in [0.15, 0.2) is 46.9 Å². The normalized spacial score (nSPS) is 12.0. The summed E-state index contributed by atoms with van der Waals surface area (Å²) in [7, 11) is 0. The Morgan fingerprint density at radius 3 is 2.81 bits per heavy atom. The van der Waals surface area contributed by atoms with Crippen molar-refractivity contribution in [1.82, 2.24) is 0 Å². The van der Waals surface area contributed by atoms with Gasteiger partial charge in [0.2, 0.25) is 0 Å². The Bertz CT molecular complexity index is 603. The van der Waals surface area contributed by atoms with E-state index in [4.69, 9.17) is 4.74 Å². The number of benzene rings is 2. The van der Waals surface area contributed by atoms with E-state index < -0.39 is 0 Å². The van der Waals surface area contributed by atoms with E-state index in [1.807, 2.05) is 31.2 Å². The number of nitrogens with one attached hydrogen (secondary N) is 1. The number of hydrogen-bond donors (Lipinski definition) is 1. The third kappa shape index (κ3) is 4.46. The molecule has 0 saturated carbocycles. The topological polar surface area (TPSA) is 21.3 Å². The monoisotopic (exact) mass is 351 g/mol. The Labute approximate surface area is 133 Å². The molecule has 21 heavy (non-hydrogen) atoms. The van der Waals surface area contributed by atoms with Gasteiger partial charge in [0.1, 0.15) is 11.6 Å². The second kappa shape index (κ2) is 7.46. The smallest absolute Gasteiger partial charge is 0.128 e. The van der Waals surface area contributed by atoms with Gasteiger partial charge in [0.25, 0.3) is 0 Å². The van der Waals surface area contributed by atoms with Crippen molar-refractivity contribution in [3.63, 3.8) is 0 Å². The van der Waals surface area contributed by atoms with Gasteiger partial charge < -0.3 is 10.1 Å². The van der Waals surface area contributed by atoms with Crippen LogP contribution in [-0.2, 0) is 0 Å². The summed E-state index contributed by atoms with van der Waals surface area (Å²) < 4.78 is 20.4. The minimum atomic E-state index is -0.211. The minimum absolute atomic E-state index is 0.135. The Hall–Kier alpha value is -1.55. The molecular formula is C17H19BrFNO. The first-order chi connectivity index (χ1) is 10.1. The summed E-state index contributed by atoms with van der Waals surface area (Å²) in [5, 5.41) is 3.30. The highest BCUT2D eigenvalue weighted by Crippen LogP contribution is 2.26. The second-order valence-corrected chi connectivity index (χ2v) is 5.82. The number of hydrogen-bond acceptors (Lipinski definition) is 2. The molecule has 0 fully saturated rings. The first-order valence-corrected chi connectivity index (χ1v) is 7.83. The summed E-state index contributed by atoms with van der Waals surface area (Å²) in [4.78, 5) is 0. The number of rotatable bonds is 6. The van der Waals surface area contributed by atoms with E-state index in [0.29, 0.717) is 12.2 Å². The fourth-order valence-corrected chi connectivity index (χ4v) is 2.45. The van der Waals surface area contributed by atoms with E-state index in [1.54, 1.807) is 12.1 Å². The molecule has 0 aromatic heterocycles. The Kier molecular flexibility index (Phi) is 5.62. The lowest BCUT2D eigenvalue weighted by molar-refractivity contribution is 0.317. The predicted octanol–water partition coefficient (Wildman–Crippen LogP) is 5.55. The molecule has 0 heterocycles. The Morgan fingerprint density at radius 2 is 2.05 bits per heavy atom. The Balaban J connectivity index is 2.11. The van der Waals surface area contributed by atoms with Gasteiger partial charge in [-0.2, -0.15) is 0 Å². The fourth-order valence-electron chi connectivity index (χ4n) is 2.07. The van der Waals surface area contributed by atoms with E-state index in [0.717, 1.165) is 22.3 Å². The van der Waals surface area contributed by atoms with Crippen molar-refractivity contribution in [1.29, 1.82) is 0 Å². The van der Waals surface area contributed by atoms with Gasteiger partial charge in [-0.3, -0.25) is 0 Å². The van der Waals surface area contributed by atoms with Crippen LogP contribution in [0.5, 0.6) is 5.75 Å². The van der Waals surface area contributed by atoms with Crippen LogP contribution in [0.3, 0.4) is 0 Å². The standard InChI is InChI=1S/C17H19BrFNO/c1-3-9-21-15-6-4-5-14(11-15)20-12(2)16-10-13(18)7-8-17(16)19/h4-8,10-12,20H,3,9H2,1-2H3. The van der Waals surface area contributed by atoms with Crippen LogP contribution in [-0.4, -0.2) is 6.61 Å². The zero-order valence-corrected chi connectivity index (χ0v) is 13.8. The van der Waals surface area contributed by atoms with Gasteiger partial charge in [0.05, 0.1) is 12.6 Å². The molecule has 2 rings (SSSR count). The summed E-state index contributed by atoms with van der Waals surface area (Å²) in [6, 6.07) is 12.6. The molecule has 1 atom stereocenters. The van der Waals surface area contributed by atoms with Crippen molar-refractivity contribution in [2.24, 2.45) is 0 Å². The highest BCUT2D eigenvalue weighted by Gasteiger charge is 2.11. The van der Waals surface area contributed by atoms with Crippen molar-refractivity contribution < 1.29 is 9.13 Å². The van der Waals surface area contributed by atoms with E-state index in [9.17, 15) is 4.39 Å².